The Bertz CT molecular complexity index is 161. The lowest BCUT2D eigenvalue weighted by molar-refractivity contribution is -0.0463. The minimum absolute atomic E-state index is 0.143. The van der Waals surface area contributed by atoms with Crippen molar-refractivity contribution in [2.75, 3.05) is 27.2 Å². The molecule has 0 bridgehead atoms. The van der Waals surface area contributed by atoms with Gasteiger partial charge in [0.25, 0.3) is 0 Å². The van der Waals surface area contributed by atoms with Crippen molar-refractivity contribution in [2.45, 2.75) is 6.92 Å². The Morgan fingerprint density at radius 1 is 1.54 bits per heavy atom. The number of hydrogen-bond donors (Lipinski definition) is 1. The summed E-state index contributed by atoms with van der Waals surface area (Å²) in [6.45, 7) is 2.81. The number of rotatable bonds is 6. The molecule has 0 aromatic rings. The molecule has 13 heavy (non-hydrogen) atoms. The summed E-state index contributed by atoms with van der Waals surface area (Å²) in [5.74, 6) is 0. The summed E-state index contributed by atoms with van der Waals surface area (Å²) in [6.07, 6.45) is 0.645. The quantitative estimate of drug-likeness (QED) is 0.284. The number of alkyl carbamates (subject to hydrolysis) is 1. The second kappa shape index (κ2) is 8.95. The summed E-state index contributed by atoms with van der Waals surface area (Å²) in [5, 5.41) is 2.25. The third-order valence-electron chi connectivity index (χ3n) is 0.996. The molecule has 0 saturated carbocycles. The van der Waals surface area contributed by atoms with E-state index in [2.05, 4.69) is 15.0 Å². The normalized spacial score (nSPS) is 10.3. The molecule has 0 saturated heterocycles. The average Bonchev–Trinajstić information content (AvgIpc) is 2.16. The van der Waals surface area contributed by atoms with Crippen molar-refractivity contribution in [3.05, 3.63) is 0 Å². The van der Waals surface area contributed by atoms with Crippen molar-refractivity contribution in [1.29, 1.82) is 0 Å². The fourth-order valence-electron chi connectivity index (χ4n) is 0.427. The standard InChI is InChI=1S/C7H14N2O4/c1-3-12-6-13-5-8-4-9-7(10)11-2/h4H,3,5-6H2,1-2H3,(H,8,9,10). The van der Waals surface area contributed by atoms with Crippen LogP contribution in [0.25, 0.3) is 0 Å². The van der Waals surface area contributed by atoms with E-state index in [1.165, 1.54) is 13.4 Å². The number of hydrogen-bond acceptors (Lipinski definition) is 5. The molecule has 1 amide bonds. The topological polar surface area (TPSA) is 69.2 Å². The van der Waals surface area contributed by atoms with Crippen molar-refractivity contribution in [3.8, 4) is 0 Å². The van der Waals surface area contributed by atoms with Gasteiger partial charge in [0, 0.05) is 6.61 Å². The van der Waals surface area contributed by atoms with Gasteiger partial charge in [-0.3, -0.25) is 5.32 Å². The molecule has 6 heteroatoms. The second-order valence-corrected chi connectivity index (χ2v) is 1.89. The Kier molecular flexibility index (Phi) is 8.17. The van der Waals surface area contributed by atoms with Gasteiger partial charge in [-0.2, -0.15) is 0 Å². The summed E-state index contributed by atoms with van der Waals surface area (Å²) >= 11 is 0. The van der Waals surface area contributed by atoms with Gasteiger partial charge in [0.1, 0.15) is 13.5 Å². The highest BCUT2D eigenvalue weighted by atomic mass is 16.7. The molecule has 6 nitrogen and oxygen atoms in total. The number of aliphatic imine (C=N–C) groups is 1. The zero-order valence-corrected chi connectivity index (χ0v) is 7.78. The summed E-state index contributed by atoms with van der Waals surface area (Å²) in [4.78, 5) is 14.1. The van der Waals surface area contributed by atoms with E-state index in [1.54, 1.807) is 0 Å². The third kappa shape index (κ3) is 8.77. The molecule has 0 aliphatic rings. The van der Waals surface area contributed by atoms with E-state index in [-0.39, 0.29) is 13.5 Å². The molecule has 0 atom stereocenters. The molecule has 0 aromatic heterocycles. The van der Waals surface area contributed by atoms with Crippen LogP contribution in [0.4, 0.5) is 4.79 Å². The maximum Gasteiger partial charge on any atom is 0.412 e. The van der Waals surface area contributed by atoms with Crippen LogP contribution >= 0.6 is 0 Å². The molecule has 0 rings (SSSR count). The highest BCUT2D eigenvalue weighted by Gasteiger charge is 1.90. The third-order valence-corrected chi connectivity index (χ3v) is 0.996. The van der Waals surface area contributed by atoms with Gasteiger partial charge >= 0.3 is 6.09 Å². The Morgan fingerprint density at radius 2 is 2.31 bits per heavy atom. The van der Waals surface area contributed by atoms with Crippen molar-refractivity contribution in [2.24, 2.45) is 4.99 Å². The fraction of sp³-hybridized carbons (Fsp3) is 0.714. The molecule has 0 aliphatic carbocycles. The summed E-state index contributed by atoms with van der Waals surface area (Å²) in [7, 11) is 1.27. The first-order valence-corrected chi connectivity index (χ1v) is 3.79. The maximum atomic E-state index is 10.5. The molecule has 0 unspecified atom stereocenters. The number of ether oxygens (including phenoxy) is 3. The van der Waals surface area contributed by atoms with E-state index in [1.807, 2.05) is 6.92 Å². The van der Waals surface area contributed by atoms with Gasteiger partial charge in [-0.25, -0.2) is 9.79 Å². The average molecular weight is 190 g/mol. The number of carbonyl (C=O) groups excluding carboxylic acids is 1. The number of amides is 1. The van der Waals surface area contributed by atoms with Gasteiger partial charge in [-0.1, -0.05) is 0 Å². The van der Waals surface area contributed by atoms with E-state index < -0.39 is 6.09 Å². The van der Waals surface area contributed by atoms with Gasteiger partial charge in [0.15, 0.2) is 0 Å². The van der Waals surface area contributed by atoms with Gasteiger partial charge in [-0.15, -0.1) is 0 Å². The van der Waals surface area contributed by atoms with Gasteiger partial charge in [0.2, 0.25) is 0 Å². The Hall–Kier alpha value is -1.14. The first-order chi connectivity index (χ1) is 6.31. The van der Waals surface area contributed by atoms with Crippen molar-refractivity contribution >= 4 is 12.4 Å². The van der Waals surface area contributed by atoms with Crippen LogP contribution in [0.3, 0.4) is 0 Å². The molecule has 0 fully saturated rings. The first-order valence-electron chi connectivity index (χ1n) is 3.79. The predicted molar refractivity (Wildman–Crippen MR) is 46.5 cm³/mol. The second-order valence-electron chi connectivity index (χ2n) is 1.89. The lowest BCUT2D eigenvalue weighted by Crippen LogP contribution is -2.21. The van der Waals surface area contributed by atoms with Crippen molar-refractivity contribution < 1.29 is 19.0 Å². The van der Waals surface area contributed by atoms with E-state index >= 15 is 0 Å². The Morgan fingerprint density at radius 3 is 2.92 bits per heavy atom. The van der Waals surface area contributed by atoms with Crippen LogP contribution in [-0.4, -0.2) is 39.7 Å². The highest BCUT2D eigenvalue weighted by molar-refractivity contribution is 5.81. The number of nitrogens with one attached hydrogen (secondary N) is 1. The smallest absolute Gasteiger partial charge is 0.412 e. The molecule has 0 spiro atoms. The van der Waals surface area contributed by atoms with Crippen molar-refractivity contribution in [3.63, 3.8) is 0 Å². The molecule has 76 valence electrons. The van der Waals surface area contributed by atoms with Crippen LogP contribution in [0.5, 0.6) is 0 Å². The monoisotopic (exact) mass is 190 g/mol. The van der Waals surface area contributed by atoms with E-state index in [0.29, 0.717) is 6.61 Å². The van der Waals surface area contributed by atoms with Crippen LogP contribution in [0.1, 0.15) is 6.92 Å². The zero-order valence-electron chi connectivity index (χ0n) is 7.78. The molecule has 0 radical (unpaired) electrons. The molecule has 0 aliphatic heterocycles. The number of carbonyl (C=O) groups is 1. The molecule has 0 aromatic carbocycles. The maximum absolute atomic E-state index is 10.5. The molecule has 1 N–H and O–H groups in total. The minimum Gasteiger partial charge on any atom is -0.453 e. The van der Waals surface area contributed by atoms with E-state index in [0.717, 1.165) is 0 Å². The highest BCUT2D eigenvalue weighted by Crippen LogP contribution is 1.77. The number of nitrogens with zero attached hydrogens (tertiary/aromatic N) is 1. The lowest BCUT2D eigenvalue weighted by atomic mass is 10.9. The SMILES string of the molecule is CCOCOC/N=C/NC(=O)OC. The van der Waals surface area contributed by atoms with Crippen LogP contribution in [-0.2, 0) is 14.2 Å². The van der Waals surface area contributed by atoms with Gasteiger partial charge in [0.05, 0.1) is 13.4 Å². The van der Waals surface area contributed by atoms with E-state index in [9.17, 15) is 4.79 Å². The predicted octanol–water partition coefficient (Wildman–Crippen LogP) is 0.339. The lowest BCUT2D eigenvalue weighted by Gasteiger charge is -1.99. The van der Waals surface area contributed by atoms with Crippen molar-refractivity contribution in [1.82, 2.24) is 5.32 Å². The van der Waals surface area contributed by atoms with E-state index in [4.69, 9.17) is 9.47 Å². The van der Waals surface area contributed by atoms with Crippen LogP contribution < -0.4 is 5.32 Å². The first kappa shape index (κ1) is 11.9. The Balaban J connectivity index is 3.17. The van der Waals surface area contributed by atoms with Gasteiger partial charge < -0.3 is 14.2 Å². The fourth-order valence-corrected chi connectivity index (χ4v) is 0.427. The van der Waals surface area contributed by atoms with Crippen LogP contribution in [0.15, 0.2) is 4.99 Å². The minimum atomic E-state index is -0.562. The summed E-state index contributed by atoms with van der Waals surface area (Å²) < 4.78 is 14.0. The van der Waals surface area contributed by atoms with Crippen LogP contribution in [0, 0.1) is 0 Å². The van der Waals surface area contributed by atoms with Gasteiger partial charge in [-0.05, 0) is 6.92 Å². The number of methoxy groups -OCH3 is 1. The summed E-state index contributed by atoms with van der Waals surface area (Å²) in [6, 6.07) is 0. The molecule has 0 heterocycles. The Labute approximate surface area is 76.9 Å². The summed E-state index contributed by atoms with van der Waals surface area (Å²) in [5.41, 5.74) is 0. The zero-order chi connectivity index (χ0) is 9.94. The molecular weight excluding hydrogens is 176 g/mol. The molecular formula is C7H14N2O4. The van der Waals surface area contributed by atoms with Crippen LogP contribution in [0.2, 0.25) is 0 Å². The largest absolute Gasteiger partial charge is 0.453 e.